The van der Waals surface area contributed by atoms with Gasteiger partial charge in [-0.05, 0) is 54.2 Å². The van der Waals surface area contributed by atoms with Crippen LogP contribution in [0, 0.1) is 11.7 Å². The number of aliphatic hydroxyl groups excluding tert-OH is 1. The number of carbonyl (C=O) groups excluding carboxylic acids is 1. The zero-order valence-electron chi connectivity index (χ0n) is 15.4. The second-order valence-corrected chi connectivity index (χ2v) is 7.73. The highest BCUT2D eigenvalue weighted by Gasteiger charge is 2.37. The lowest BCUT2D eigenvalue weighted by molar-refractivity contribution is 0.0585. The van der Waals surface area contributed by atoms with Crippen LogP contribution in [0.5, 0.6) is 0 Å². The summed E-state index contributed by atoms with van der Waals surface area (Å²) in [7, 11) is 0. The fraction of sp³-hybridized carbons (Fsp3) is 0.409. The van der Waals surface area contributed by atoms with E-state index in [-0.39, 0.29) is 24.4 Å². The summed E-state index contributed by atoms with van der Waals surface area (Å²) in [4.78, 5) is 17.5. The second kappa shape index (κ2) is 7.79. The number of benzene rings is 2. The van der Waals surface area contributed by atoms with Gasteiger partial charge in [0.25, 0.3) is 5.91 Å². The molecule has 3 heterocycles. The van der Waals surface area contributed by atoms with Crippen molar-refractivity contribution in [1.29, 1.82) is 0 Å². The summed E-state index contributed by atoms with van der Waals surface area (Å²) in [6, 6.07) is 14.1. The topological polar surface area (TPSA) is 43.8 Å². The minimum atomic E-state index is -0.210. The molecule has 0 radical (unpaired) electrons. The minimum absolute atomic E-state index is 0.0127. The molecule has 3 aliphatic heterocycles. The molecule has 4 nitrogen and oxygen atoms in total. The average molecular weight is 368 g/mol. The summed E-state index contributed by atoms with van der Waals surface area (Å²) in [6.07, 6.45) is 2.18. The Morgan fingerprint density at radius 3 is 2.37 bits per heavy atom. The number of hydrogen-bond acceptors (Lipinski definition) is 3. The number of rotatable bonds is 4. The molecule has 3 aliphatic rings. The fourth-order valence-corrected chi connectivity index (χ4v) is 4.32. The summed E-state index contributed by atoms with van der Waals surface area (Å²) in [6.45, 7) is 3.41. The van der Waals surface area contributed by atoms with Gasteiger partial charge in [0.2, 0.25) is 0 Å². The van der Waals surface area contributed by atoms with E-state index in [0.717, 1.165) is 50.1 Å². The predicted molar refractivity (Wildman–Crippen MR) is 102 cm³/mol. The maximum absolute atomic E-state index is 13.1. The number of halogens is 1. The Kier molecular flexibility index (Phi) is 5.23. The van der Waals surface area contributed by atoms with E-state index in [1.54, 1.807) is 0 Å². The Hall–Kier alpha value is -2.24. The molecule has 0 unspecified atom stereocenters. The lowest BCUT2D eigenvalue weighted by Gasteiger charge is -2.36. The summed E-state index contributed by atoms with van der Waals surface area (Å²) >= 11 is 0. The highest BCUT2D eigenvalue weighted by molar-refractivity contribution is 5.94. The van der Waals surface area contributed by atoms with Gasteiger partial charge in [-0.1, -0.05) is 24.3 Å². The Balaban J connectivity index is 1.47. The molecule has 5 heteroatoms. The maximum Gasteiger partial charge on any atom is 0.254 e. The Morgan fingerprint density at radius 1 is 0.963 bits per heavy atom. The molecule has 5 rings (SSSR count). The third-order valence-electron chi connectivity index (χ3n) is 5.75. The van der Waals surface area contributed by atoms with Crippen LogP contribution in [0.3, 0.4) is 0 Å². The normalized spacial score (nSPS) is 22.7. The third kappa shape index (κ3) is 4.04. The number of amides is 1. The molecule has 1 amide bonds. The Morgan fingerprint density at radius 2 is 1.67 bits per heavy atom. The van der Waals surface area contributed by atoms with Crippen molar-refractivity contribution in [2.75, 3.05) is 19.6 Å². The van der Waals surface area contributed by atoms with Gasteiger partial charge in [0.15, 0.2) is 0 Å². The lowest BCUT2D eigenvalue weighted by Crippen LogP contribution is -2.47. The van der Waals surface area contributed by atoms with Gasteiger partial charge in [0.1, 0.15) is 5.82 Å². The Bertz CT molecular complexity index is 791. The van der Waals surface area contributed by atoms with E-state index < -0.39 is 0 Å². The summed E-state index contributed by atoms with van der Waals surface area (Å²) in [5.74, 6) is 0.348. The molecule has 0 spiro atoms. The maximum atomic E-state index is 13.1. The summed E-state index contributed by atoms with van der Waals surface area (Å²) in [5.41, 5.74) is 2.61. The van der Waals surface area contributed by atoms with Crippen molar-refractivity contribution in [1.82, 2.24) is 9.80 Å². The van der Waals surface area contributed by atoms with E-state index in [4.69, 9.17) is 0 Å². The third-order valence-corrected chi connectivity index (χ3v) is 5.75. The van der Waals surface area contributed by atoms with Crippen LogP contribution >= 0.6 is 0 Å². The van der Waals surface area contributed by atoms with Crippen molar-refractivity contribution in [2.45, 2.75) is 32.0 Å². The van der Waals surface area contributed by atoms with E-state index in [0.29, 0.717) is 11.5 Å². The number of hydrogen-bond donors (Lipinski definition) is 1. The van der Waals surface area contributed by atoms with E-state index >= 15 is 0 Å². The zero-order valence-corrected chi connectivity index (χ0v) is 15.4. The molecule has 2 aromatic rings. The van der Waals surface area contributed by atoms with Gasteiger partial charge in [-0.25, -0.2) is 4.39 Å². The molecule has 27 heavy (non-hydrogen) atoms. The molecule has 2 aromatic carbocycles. The molecule has 0 aliphatic carbocycles. The SMILES string of the molecule is O=C(c1ccc(CO)cc1)N1C[C@H]2CC[C@@H]1CN(Cc1ccc(F)cc1)C2. The zero-order chi connectivity index (χ0) is 18.8. The average Bonchev–Trinajstić information content (AvgIpc) is 3.00. The van der Waals surface area contributed by atoms with Gasteiger partial charge in [-0.3, -0.25) is 9.69 Å². The van der Waals surface area contributed by atoms with Crippen LogP contribution in [0.1, 0.15) is 34.3 Å². The number of aliphatic hydroxyl groups is 1. The molecule has 0 saturated carbocycles. The van der Waals surface area contributed by atoms with Crippen molar-refractivity contribution >= 4 is 5.91 Å². The number of carbonyl (C=O) groups is 1. The van der Waals surface area contributed by atoms with Crippen molar-refractivity contribution in [2.24, 2.45) is 5.92 Å². The quantitative estimate of drug-likeness (QED) is 0.902. The van der Waals surface area contributed by atoms with Crippen LogP contribution in [-0.4, -0.2) is 46.5 Å². The predicted octanol–water partition coefficient (Wildman–Crippen LogP) is 3.05. The smallest absolute Gasteiger partial charge is 0.254 e. The van der Waals surface area contributed by atoms with Crippen LogP contribution in [0.25, 0.3) is 0 Å². The monoisotopic (exact) mass is 368 g/mol. The molecule has 3 saturated heterocycles. The van der Waals surface area contributed by atoms with E-state index in [1.165, 1.54) is 12.1 Å². The molecule has 2 atom stereocenters. The van der Waals surface area contributed by atoms with Gasteiger partial charge in [-0.2, -0.15) is 0 Å². The molecule has 3 fully saturated rings. The molecule has 1 N–H and O–H groups in total. The van der Waals surface area contributed by atoms with Gasteiger partial charge < -0.3 is 10.0 Å². The molecular weight excluding hydrogens is 343 g/mol. The standard InChI is InChI=1S/C22H25FN2O2/c23-20-8-3-16(4-9-20)11-24-12-18-5-10-21(14-24)25(13-18)22(27)19-6-1-17(15-26)2-7-19/h1-4,6-9,18,21,26H,5,10-15H2/t18-,21+/m0/s1. The van der Waals surface area contributed by atoms with Crippen LogP contribution < -0.4 is 0 Å². The van der Waals surface area contributed by atoms with Crippen LogP contribution in [0.15, 0.2) is 48.5 Å². The molecular formula is C22H25FN2O2. The van der Waals surface area contributed by atoms with Crippen molar-refractivity contribution in [3.05, 3.63) is 71.0 Å². The first-order valence-electron chi connectivity index (χ1n) is 9.60. The minimum Gasteiger partial charge on any atom is -0.392 e. The first-order valence-corrected chi connectivity index (χ1v) is 9.60. The molecule has 2 bridgehead atoms. The van der Waals surface area contributed by atoms with Crippen LogP contribution in [0.4, 0.5) is 4.39 Å². The van der Waals surface area contributed by atoms with E-state index in [9.17, 15) is 14.3 Å². The number of nitrogens with zero attached hydrogens (tertiary/aromatic N) is 2. The van der Waals surface area contributed by atoms with Gasteiger partial charge in [0, 0.05) is 37.8 Å². The van der Waals surface area contributed by atoms with Crippen molar-refractivity contribution in [3.63, 3.8) is 0 Å². The largest absolute Gasteiger partial charge is 0.392 e. The summed E-state index contributed by atoms with van der Waals surface area (Å²) in [5, 5.41) is 9.18. The van der Waals surface area contributed by atoms with Gasteiger partial charge in [0.05, 0.1) is 6.61 Å². The van der Waals surface area contributed by atoms with E-state index in [2.05, 4.69) is 4.90 Å². The first kappa shape index (κ1) is 18.1. The number of piperidine rings is 1. The number of fused-ring (bicyclic) bond motifs is 4. The first-order chi connectivity index (χ1) is 13.1. The molecule has 142 valence electrons. The van der Waals surface area contributed by atoms with Crippen molar-refractivity contribution < 1.29 is 14.3 Å². The second-order valence-electron chi connectivity index (χ2n) is 7.73. The fourth-order valence-electron chi connectivity index (χ4n) is 4.32. The van der Waals surface area contributed by atoms with Gasteiger partial charge >= 0.3 is 0 Å². The molecule has 0 aromatic heterocycles. The highest BCUT2D eigenvalue weighted by Crippen LogP contribution is 2.30. The highest BCUT2D eigenvalue weighted by atomic mass is 19.1. The lowest BCUT2D eigenvalue weighted by atomic mass is 9.94. The van der Waals surface area contributed by atoms with E-state index in [1.807, 2.05) is 41.3 Å². The Labute approximate surface area is 159 Å². The van der Waals surface area contributed by atoms with Crippen LogP contribution in [0.2, 0.25) is 0 Å². The van der Waals surface area contributed by atoms with Crippen molar-refractivity contribution in [3.8, 4) is 0 Å². The van der Waals surface area contributed by atoms with Crippen LogP contribution in [-0.2, 0) is 13.2 Å². The summed E-state index contributed by atoms with van der Waals surface area (Å²) < 4.78 is 13.1. The van der Waals surface area contributed by atoms with Gasteiger partial charge in [-0.15, -0.1) is 0 Å².